The molecule has 3 aromatic rings. The van der Waals surface area contributed by atoms with Crippen LogP contribution >= 0.6 is 11.3 Å². The molecule has 0 saturated carbocycles. The van der Waals surface area contributed by atoms with Crippen LogP contribution in [0.2, 0.25) is 0 Å². The number of carbonyl (C=O) groups excluding carboxylic acids is 1. The van der Waals surface area contributed by atoms with E-state index in [1.807, 2.05) is 30.3 Å². The Balaban J connectivity index is 1.50. The van der Waals surface area contributed by atoms with Gasteiger partial charge >= 0.3 is 0 Å². The lowest BCUT2D eigenvalue weighted by Crippen LogP contribution is -2.35. The van der Waals surface area contributed by atoms with Gasteiger partial charge in [-0.05, 0) is 54.7 Å². The highest BCUT2D eigenvalue weighted by Crippen LogP contribution is 2.29. The number of aryl methyl sites for hydroxylation is 2. The van der Waals surface area contributed by atoms with E-state index in [4.69, 9.17) is 4.74 Å². The Morgan fingerprint density at radius 1 is 1.17 bits per heavy atom. The van der Waals surface area contributed by atoms with Gasteiger partial charge in [-0.2, -0.15) is 0 Å². The quantitative estimate of drug-likeness (QED) is 0.530. The van der Waals surface area contributed by atoms with Gasteiger partial charge in [0.15, 0.2) is 15.0 Å². The summed E-state index contributed by atoms with van der Waals surface area (Å²) in [6, 6.07) is 13.0. The van der Waals surface area contributed by atoms with Crippen molar-refractivity contribution in [3.8, 4) is 0 Å². The molecule has 1 aliphatic rings. The van der Waals surface area contributed by atoms with Crippen LogP contribution in [0.1, 0.15) is 24.0 Å². The topological polar surface area (TPSA) is 76.6 Å². The summed E-state index contributed by atoms with van der Waals surface area (Å²) in [6.07, 6.45) is 2.89. The van der Waals surface area contributed by atoms with Crippen molar-refractivity contribution in [3.05, 3.63) is 53.6 Å². The van der Waals surface area contributed by atoms with Gasteiger partial charge in [-0.25, -0.2) is 13.4 Å². The lowest BCUT2D eigenvalue weighted by Gasteiger charge is -2.19. The number of aromatic nitrogens is 1. The summed E-state index contributed by atoms with van der Waals surface area (Å²) in [6.45, 7) is 0.674. The second-order valence-corrected chi connectivity index (χ2v) is 10.5. The number of ether oxygens (including phenoxy) is 1. The van der Waals surface area contributed by atoms with Crippen molar-refractivity contribution in [2.45, 2.75) is 30.6 Å². The summed E-state index contributed by atoms with van der Waals surface area (Å²) in [4.78, 5) is 19.4. The Bertz CT molecular complexity index is 1140. The first-order valence-electron chi connectivity index (χ1n) is 9.97. The maximum absolute atomic E-state index is 13.0. The third-order valence-electron chi connectivity index (χ3n) is 5.35. The molecule has 0 N–H and O–H groups in total. The smallest absolute Gasteiger partial charge is 0.229 e. The molecule has 0 bridgehead atoms. The average molecular weight is 445 g/mol. The fraction of sp³-hybridized carbons (Fsp3) is 0.364. The molecule has 30 heavy (non-hydrogen) atoms. The summed E-state index contributed by atoms with van der Waals surface area (Å²) in [5.41, 5.74) is 3.16. The molecule has 1 aliphatic carbocycles. The largest absolute Gasteiger partial charge is 0.383 e. The van der Waals surface area contributed by atoms with Gasteiger partial charge < -0.3 is 4.74 Å². The zero-order valence-corrected chi connectivity index (χ0v) is 18.5. The fourth-order valence-corrected chi connectivity index (χ4v) is 5.99. The van der Waals surface area contributed by atoms with Gasteiger partial charge in [0.2, 0.25) is 5.91 Å². The van der Waals surface area contributed by atoms with Gasteiger partial charge in [0.05, 0.1) is 34.0 Å². The van der Waals surface area contributed by atoms with Gasteiger partial charge in [-0.3, -0.25) is 9.69 Å². The minimum atomic E-state index is -3.53. The lowest BCUT2D eigenvalue weighted by molar-refractivity contribution is -0.118. The van der Waals surface area contributed by atoms with E-state index >= 15 is 0 Å². The van der Waals surface area contributed by atoms with Gasteiger partial charge in [0.25, 0.3) is 0 Å². The molecule has 0 spiro atoms. The fourth-order valence-electron chi connectivity index (χ4n) is 3.70. The number of thiazole rings is 1. The molecule has 0 aliphatic heterocycles. The van der Waals surface area contributed by atoms with Gasteiger partial charge in [-0.15, -0.1) is 0 Å². The van der Waals surface area contributed by atoms with Crippen molar-refractivity contribution >= 4 is 42.4 Å². The van der Waals surface area contributed by atoms with E-state index in [2.05, 4.69) is 4.98 Å². The number of amides is 1. The van der Waals surface area contributed by atoms with Crippen LogP contribution in [0.15, 0.2) is 47.4 Å². The molecular formula is C22H24N2O4S2. The monoisotopic (exact) mass is 444 g/mol. The standard InChI is InChI=1S/C22H24N2O4S2/c1-28-13-12-24(22-23-19-7-2-3-8-20(19)29-22)21(25)11-14-30(26,27)18-10-9-16-5-4-6-17(16)15-18/h2-3,7-10,15H,4-6,11-14H2,1H3. The van der Waals surface area contributed by atoms with E-state index in [0.717, 1.165) is 35.0 Å². The SMILES string of the molecule is COCCN(C(=O)CCS(=O)(=O)c1ccc2c(c1)CCC2)c1nc2ccccc2s1. The average Bonchev–Trinajstić information content (AvgIpc) is 3.38. The number of para-hydroxylation sites is 1. The van der Waals surface area contributed by atoms with E-state index in [1.54, 1.807) is 19.2 Å². The number of benzene rings is 2. The highest BCUT2D eigenvalue weighted by Gasteiger charge is 2.24. The molecule has 6 nitrogen and oxygen atoms in total. The number of sulfone groups is 1. The van der Waals surface area contributed by atoms with Crippen LogP contribution in [-0.2, 0) is 32.2 Å². The summed E-state index contributed by atoms with van der Waals surface area (Å²) in [5.74, 6) is -0.491. The number of anilines is 1. The van der Waals surface area contributed by atoms with Crippen molar-refractivity contribution < 1.29 is 17.9 Å². The molecule has 8 heteroatoms. The highest BCUT2D eigenvalue weighted by atomic mass is 32.2. The molecule has 0 unspecified atom stereocenters. The lowest BCUT2D eigenvalue weighted by atomic mass is 10.1. The summed E-state index contributed by atoms with van der Waals surface area (Å²) >= 11 is 1.42. The summed E-state index contributed by atoms with van der Waals surface area (Å²) in [7, 11) is -1.96. The van der Waals surface area contributed by atoms with Crippen LogP contribution in [0.5, 0.6) is 0 Å². The van der Waals surface area contributed by atoms with Gasteiger partial charge in [0.1, 0.15) is 0 Å². The maximum atomic E-state index is 13.0. The molecule has 1 aromatic heterocycles. The van der Waals surface area contributed by atoms with Crippen molar-refractivity contribution in [2.24, 2.45) is 0 Å². The number of nitrogens with zero attached hydrogens (tertiary/aromatic N) is 2. The van der Waals surface area contributed by atoms with Crippen LogP contribution < -0.4 is 4.90 Å². The van der Waals surface area contributed by atoms with Crippen LogP contribution in [0.25, 0.3) is 10.2 Å². The summed E-state index contributed by atoms with van der Waals surface area (Å²) in [5, 5.41) is 0.563. The Labute approximate surface area is 180 Å². The number of rotatable bonds is 8. The minimum Gasteiger partial charge on any atom is -0.383 e. The maximum Gasteiger partial charge on any atom is 0.229 e. The summed E-state index contributed by atoms with van der Waals surface area (Å²) < 4.78 is 31.8. The molecule has 2 aromatic carbocycles. The van der Waals surface area contributed by atoms with Crippen molar-refractivity contribution in [1.82, 2.24) is 4.98 Å². The van der Waals surface area contributed by atoms with Crippen LogP contribution in [0, 0.1) is 0 Å². The number of hydrogen-bond donors (Lipinski definition) is 0. The Morgan fingerprint density at radius 3 is 2.77 bits per heavy atom. The molecular weight excluding hydrogens is 420 g/mol. The van der Waals surface area contributed by atoms with Gasteiger partial charge in [-0.1, -0.05) is 29.5 Å². The minimum absolute atomic E-state index is 0.0982. The normalized spacial score (nSPS) is 13.5. The predicted octanol–water partition coefficient (Wildman–Crippen LogP) is 3.63. The van der Waals surface area contributed by atoms with E-state index in [0.29, 0.717) is 23.2 Å². The van der Waals surface area contributed by atoms with Crippen molar-refractivity contribution in [1.29, 1.82) is 0 Å². The third-order valence-corrected chi connectivity index (χ3v) is 8.12. The first-order valence-corrected chi connectivity index (χ1v) is 12.4. The van der Waals surface area contributed by atoms with Crippen molar-refractivity contribution in [3.63, 3.8) is 0 Å². The van der Waals surface area contributed by atoms with E-state index in [9.17, 15) is 13.2 Å². The van der Waals surface area contributed by atoms with Crippen molar-refractivity contribution in [2.75, 3.05) is 30.9 Å². The number of hydrogen-bond acceptors (Lipinski definition) is 6. The predicted molar refractivity (Wildman–Crippen MR) is 119 cm³/mol. The Morgan fingerprint density at radius 2 is 1.97 bits per heavy atom. The Kier molecular flexibility index (Phi) is 6.17. The van der Waals surface area contributed by atoms with Crippen LogP contribution in [0.3, 0.4) is 0 Å². The molecule has 0 saturated heterocycles. The second kappa shape index (κ2) is 8.83. The second-order valence-electron chi connectivity index (χ2n) is 7.36. The first-order chi connectivity index (χ1) is 14.5. The molecule has 1 amide bonds. The molecule has 4 rings (SSSR count). The molecule has 0 atom stereocenters. The zero-order chi connectivity index (χ0) is 21.1. The van der Waals surface area contributed by atoms with E-state index in [-0.39, 0.29) is 18.1 Å². The zero-order valence-electron chi connectivity index (χ0n) is 16.8. The third kappa shape index (κ3) is 4.40. The number of methoxy groups -OCH3 is 1. The van der Waals surface area contributed by atoms with E-state index in [1.165, 1.54) is 21.8 Å². The molecule has 1 heterocycles. The molecule has 0 fully saturated rings. The number of fused-ring (bicyclic) bond motifs is 2. The highest BCUT2D eigenvalue weighted by molar-refractivity contribution is 7.91. The number of carbonyl (C=O) groups is 1. The Hall–Kier alpha value is -2.29. The van der Waals surface area contributed by atoms with Crippen LogP contribution in [-0.4, -0.2) is 45.3 Å². The van der Waals surface area contributed by atoms with E-state index < -0.39 is 9.84 Å². The van der Waals surface area contributed by atoms with Gasteiger partial charge in [0, 0.05) is 13.5 Å². The first kappa shape index (κ1) is 21.0. The van der Waals surface area contributed by atoms with Crippen LogP contribution in [0.4, 0.5) is 5.13 Å². The molecule has 0 radical (unpaired) electrons. The molecule has 158 valence electrons.